The van der Waals surface area contributed by atoms with Crippen LogP contribution in [-0.2, 0) is 16.1 Å². The Morgan fingerprint density at radius 2 is 1.75 bits per heavy atom. The van der Waals surface area contributed by atoms with Crippen molar-refractivity contribution in [3.05, 3.63) is 95.8 Å². The molecule has 7 nitrogen and oxygen atoms in total. The first kappa shape index (κ1) is 24.4. The number of aromatic nitrogens is 1. The molecule has 2 aliphatic rings. The van der Waals surface area contributed by atoms with E-state index in [-0.39, 0.29) is 18.1 Å². The van der Waals surface area contributed by atoms with Crippen molar-refractivity contribution in [3.8, 4) is 5.75 Å². The van der Waals surface area contributed by atoms with Gasteiger partial charge in [0.25, 0.3) is 0 Å². The number of nitrogens with one attached hydrogen (secondary N) is 1. The van der Waals surface area contributed by atoms with Crippen LogP contribution in [0.15, 0.2) is 79.1 Å². The summed E-state index contributed by atoms with van der Waals surface area (Å²) in [5.74, 6) is 0.987. The summed E-state index contributed by atoms with van der Waals surface area (Å²) in [6.45, 7) is 5.90. The average Bonchev–Trinajstić information content (AvgIpc) is 3.13. The summed E-state index contributed by atoms with van der Waals surface area (Å²) in [4.78, 5) is 21.8. The lowest BCUT2D eigenvalue weighted by Gasteiger charge is -2.35. The third-order valence-corrected chi connectivity index (χ3v) is 6.96. The summed E-state index contributed by atoms with van der Waals surface area (Å²) in [5.41, 5.74) is 3.47. The van der Waals surface area contributed by atoms with Crippen LogP contribution in [-0.4, -0.2) is 66.6 Å². The Morgan fingerprint density at radius 3 is 2.56 bits per heavy atom. The van der Waals surface area contributed by atoms with Crippen LogP contribution in [0.4, 0.5) is 0 Å². The Labute approximate surface area is 213 Å². The van der Waals surface area contributed by atoms with Crippen molar-refractivity contribution in [3.63, 3.8) is 0 Å². The van der Waals surface area contributed by atoms with Gasteiger partial charge in [0.15, 0.2) is 0 Å². The number of benzene rings is 2. The van der Waals surface area contributed by atoms with Crippen molar-refractivity contribution in [1.29, 1.82) is 0 Å². The Hall–Kier alpha value is -3.26. The van der Waals surface area contributed by atoms with E-state index in [1.807, 2.05) is 60.9 Å². The largest absolute Gasteiger partial charge is 0.484 e. The molecule has 1 N–H and O–H groups in total. The number of rotatable bonds is 8. The highest BCUT2D eigenvalue weighted by Gasteiger charge is 2.26. The molecule has 36 heavy (non-hydrogen) atoms. The maximum absolute atomic E-state index is 13.0. The van der Waals surface area contributed by atoms with Gasteiger partial charge >= 0.3 is 0 Å². The molecule has 2 atom stereocenters. The van der Waals surface area contributed by atoms with Gasteiger partial charge in [-0.05, 0) is 29.3 Å². The van der Waals surface area contributed by atoms with Crippen molar-refractivity contribution in [2.24, 2.45) is 0 Å². The molecule has 7 heteroatoms. The first-order valence-corrected chi connectivity index (χ1v) is 12.8. The standard InChI is InChI=1S/C29H34N4O3/c34-29(31-20-26(23-10-13-30-14-11-23)33-16-18-35-19-17-33)12-15-32-21-25-8-4-5-9-27(25)36-28(22-32)24-6-2-1-3-7-24/h1-11,13-14,26,28H,12,15-22H2,(H,31,34)/t26-,28+/m0/s1. The molecule has 0 saturated carbocycles. The number of carbonyl (C=O) groups is 1. The second-order valence-corrected chi connectivity index (χ2v) is 9.36. The minimum atomic E-state index is -0.0738. The smallest absolute Gasteiger partial charge is 0.221 e. The highest BCUT2D eigenvalue weighted by Crippen LogP contribution is 2.31. The van der Waals surface area contributed by atoms with E-state index in [0.29, 0.717) is 19.5 Å². The highest BCUT2D eigenvalue weighted by molar-refractivity contribution is 5.76. The summed E-state index contributed by atoms with van der Waals surface area (Å²) in [7, 11) is 0. The van der Waals surface area contributed by atoms with Crippen molar-refractivity contribution in [2.45, 2.75) is 25.1 Å². The summed E-state index contributed by atoms with van der Waals surface area (Å²) in [6, 6.07) is 22.7. The van der Waals surface area contributed by atoms with E-state index in [1.165, 1.54) is 5.56 Å². The van der Waals surface area contributed by atoms with Gasteiger partial charge in [-0.15, -0.1) is 0 Å². The Morgan fingerprint density at radius 1 is 1.00 bits per heavy atom. The zero-order valence-corrected chi connectivity index (χ0v) is 20.6. The van der Waals surface area contributed by atoms with Crippen LogP contribution in [0.1, 0.15) is 35.3 Å². The number of nitrogens with zero attached hydrogens (tertiary/aromatic N) is 3. The van der Waals surface area contributed by atoms with Crippen LogP contribution in [0.25, 0.3) is 0 Å². The first-order valence-electron chi connectivity index (χ1n) is 12.8. The van der Waals surface area contributed by atoms with Gasteiger partial charge in [-0.3, -0.25) is 19.6 Å². The molecule has 0 radical (unpaired) electrons. The van der Waals surface area contributed by atoms with Gasteiger partial charge in [0, 0.05) is 63.6 Å². The Bertz CT molecular complexity index is 1110. The third-order valence-electron chi connectivity index (χ3n) is 6.96. The number of pyridine rings is 1. The van der Waals surface area contributed by atoms with Crippen LogP contribution >= 0.6 is 0 Å². The molecule has 0 aliphatic carbocycles. The molecule has 0 unspecified atom stereocenters. The molecule has 2 aliphatic heterocycles. The summed E-state index contributed by atoms with van der Waals surface area (Å²) < 4.78 is 11.9. The maximum atomic E-state index is 13.0. The van der Waals surface area contributed by atoms with Crippen molar-refractivity contribution in [1.82, 2.24) is 20.1 Å². The molecule has 0 spiro atoms. The van der Waals surface area contributed by atoms with Gasteiger partial charge in [0.2, 0.25) is 5.91 Å². The molecule has 0 bridgehead atoms. The second-order valence-electron chi connectivity index (χ2n) is 9.36. The fourth-order valence-electron chi connectivity index (χ4n) is 4.98. The first-order chi connectivity index (χ1) is 17.8. The molecular formula is C29H34N4O3. The number of hydrogen-bond acceptors (Lipinski definition) is 6. The van der Waals surface area contributed by atoms with E-state index < -0.39 is 0 Å². The van der Waals surface area contributed by atoms with E-state index in [9.17, 15) is 4.79 Å². The third kappa shape index (κ3) is 6.29. The van der Waals surface area contributed by atoms with Gasteiger partial charge < -0.3 is 14.8 Å². The van der Waals surface area contributed by atoms with Crippen LogP contribution in [0.3, 0.4) is 0 Å². The fourth-order valence-corrected chi connectivity index (χ4v) is 4.98. The van der Waals surface area contributed by atoms with Crippen molar-refractivity contribution < 1.29 is 14.3 Å². The molecule has 3 aromatic rings. The predicted molar refractivity (Wildman–Crippen MR) is 139 cm³/mol. The van der Waals surface area contributed by atoms with Crippen LogP contribution in [0.5, 0.6) is 5.75 Å². The lowest BCUT2D eigenvalue weighted by Crippen LogP contribution is -2.44. The predicted octanol–water partition coefficient (Wildman–Crippen LogP) is 3.60. The summed E-state index contributed by atoms with van der Waals surface area (Å²) >= 11 is 0. The molecule has 5 rings (SSSR count). The van der Waals surface area contributed by atoms with E-state index in [2.05, 4.69) is 38.3 Å². The number of hydrogen-bond donors (Lipinski definition) is 1. The zero-order valence-electron chi connectivity index (χ0n) is 20.6. The molecule has 2 aromatic carbocycles. The van der Waals surface area contributed by atoms with Gasteiger partial charge in [0.05, 0.1) is 19.3 Å². The number of fused-ring (bicyclic) bond motifs is 1. The van der Waals surface area contributed by atoms with Crippen LogP contribution in [0.2, 0.25) is 0 Å². The number of morpholine rings is 1. The van der Waals surface area contributed by atoms with Gasteiger partial charge in [-0.25, -0.2) is 0 Å². The molecule has 1 amide bonds. The van der Waals surface area contributed by atoms with Crippen molar-refractivity contribution >= 4 is 5.91 Å². The van der Waals surface area contributed by atoms with E-state index >= 15 is 0 Å². The normalized spacial score (nSPS) is 19.5. The van der Waals surface area contributed by atoms with E-state index in [0.717, 1.165) is 56.3 Å². The highest BCUT2D eigenvalue weighted by atomic mass is 16.5. The molecule has 1 fully saturated rings. The fraction of sp³-hybridized carbons (Fsp3) is 0.379. The maximum Gasteiger partial charge on any atom is 0.221 e. The molecule has 188 valence electrons. The molecular weight excluding hydrogens is 452 g/mol. The average molecular weight is 487 g/mol. The SMILES string of the molecule is O=C(CCN1Cc2ccccc2O[C@@H](c2ccccc2)C1)NC[C@@H](c1ccncc1)N1CCOCC1. The molecule has 1 saturated heterocycles. The Kier molecular flexibility index (Phi) is 8.23. The Balaban J connectivity index is 1.21. The monoisotopic (exact) mass is 486 g/mol. The second kappa shape index (κ2) is 12.1. The van der Waals surface area contributed by atoms with Gasteiger partial charge in [-0.2, -0.15) is 0 Å². The number of carbonyl (C=O) groups excluding carboxylic acids is 1. The number of ether oxygens (including phenoxy) is 2. The lowest BCUT2D eigenvalue weighted by atomic mass is 10.1. The minimum Gasteiger partial charge on any atom is -0.484 e. The van der Waals surface area contributed by atoms with Gasteiger partial charge in [0.1, 0.15) is 11.9 Å². The summed E-state index contributed by atoms with van der Waals surface area (Å²) in [6.07, 6.45) is 3.99. The minimum absolute atomic E-state index is 0.0667. The number of amides is 1. The van der Waals surface area contributed by atoms with Gasteiger partial charge in [-0.1, -0.05) is 48.5 Å². The van der Waals surface area contributed by atoms with Crippen molar-refractivity contribution in [2.75, 3.05) is 45.9 Å². The topological polar surface area (TPSA) is 66.9 Å². The van der Waals surface area contributed by atoms with E-state index in [4.69, 9.17) is 9.47 Å². The summed E-state index contributed by atoms with van der Waals surface area (Å²) in [5, 5.41) is 3.20. The van der Waals surface area contributed by atoms with Crippen LogP contribution in [0, 0.1) is 0 Å². The quantitative estimate of drug-likeness (QED) is 0.525. The lowest BCUT2D eigenvalue weighted by molar-refractivity contribution is -0.121. The molecule has 3 heterocycles. The number of para-hydroxylation sites is 1. The van der Waals surface area contributed by atoms with E-state index in [1.54, 1.807) is 0 Å². The van der Waals surface area contributed by atoms with Crippen LogP contribution < -0.4 is 10.1 Å². The molecule has 1 aromatic heterocycles. The zero-order chi connectivity index (χ0) is 24.6.